The fraction of sp³-hybridized carbons (Fsp3) is 0.636. The number of anilines is 3. The van der Waals surface area contributed by atoms with E-state index in [0.29, 0.717) is 0 Å². The first kappa shape index (κ1) is 22.1. The summed E-state index contributed by atoms with van der Waals surface area (Å²) in [6.45, 7) is 8.67. The number of nitrogens with one attached hydrogen (secondary N) is 1. The molecule has 0 aliphatic heterocycles. The topological polar surface area (TPSA) is 66.8 Å². The Morgan fingerprint density at radius 1 is 0.679 bits per heavy atom. The number of aryl methyl sites for hydroxylation is 1. The summed E-state index contributed by atoms with van der Waals surface area (Å²) in [4.78, 5) is 20.3. The van der Waals surface area contributed by atoms with Gasteiger partial charge in [-0.1, -0.05) is 52.9 Å². The molecule has 6 heteroatoms. The summed E-state index contributed by atoms with van der Waals surface area (Å²) in [6, 6.07) is 0. The quantitative estimate of drug-likeness (QED) is 0.431. The standard InChI is InChI=1S/C22H36N6/c1-4-7-10-11-12-21-23-15-19(16-24-21)27-20-17-25-22(26-18-20)28(13-8-5-2)14-9-6-3/h15-18,27H,4-14H2,1-3H3. The summed E-state index contributed by atoms with van der Waals surface area (Å²) in [5, 5.41) is 3.29. The van der Waals surface area contributed by atoms with Crippen molar-refractivity contribution in [1.82, 2.24) is 19.9 Å². The molecule has 28 heavy (non-hydrogen) atoms. The highest BCUT2D eigenvalue weighted by Crippen LogP contribution is 2.16. The zero-order valence-electron chi connectivity index (χ0n) is 17.8. The van der Waals surface area contributed by atoms with Crippen LogP contribution in [0.5, 0.6) is 0 Å². The number of rotatable bonds is 14. The third-order valence-electron chi connectivity index (χ3n) is 4.73. The van der Waals surface area contributed by atoms with Crippen LogP contribution in [0.3, 0.4) is 0 Å². The Morgan fingerprint density at radius 2 is 1.21 bits per heavy atom. The summed E-state index contributed by atoms with van der Waals surface area (Å²) in [5.41, 5.74) is 1.72. The van der Waals surface area contributed by atoms with Crippen LogP contribution in [0.2, 0.25) is 0 Å². The Balaban J connectivity index is 1.90. The van der Waals surface area contributed by atoms with E-state index >= 15 is 0 Å². The lowest BCUT2D eigenvalue weighted by molar-refractivity contribution is 0.652. The van der Waals surface area contributed by atoms with E-state index in [9.17, 15) is 0 Å². The van der Waals surface area contributed by atoms with Gasteiger partial charge in [0.2, 0.25) is 5.95 Å². The Hall–Kier alpha value is -2.24. The Labute approximate surface area is 170 Å². The molecule has 2 heterocycles. The average molecular weight is 385 g/mol. The van der Waals surface area contributed by atoms with Gasteiger partial charge in [-0.3, -0.25) is 0 Å². The molecule has 6 nitrogen and oxygen atoms in total. The van der Waals surface area contributed by atoms with E-state index in [-0.39, 0.29) is 0 Å². The zero-order valence-corrected chi connectivity index (χ0v) is 17.8. The maximum absolute atomic E-state index is 4.57. The number of unbranched alkanes of at least 4 members (excludes halogenated alkanes) is 5. The van der Waals surface area contributed by atoms with Crippen molar-refractivity contribution in [2.75, 3.05) is 23.3 Å². The molecule has 154 valence electrons. The van der Waals surface area contributed by atoms with Crippen LogP contribution in [0.1, 0.15) is 78.0 Å². The normalized spacial score (nSPS) is 10.8. The predicted octanol–water partition coefficient (Wildman–Crippen LogP) is 5.54. The Kier molecular flexibility index (Phi) is 10.3. The fourth-order valence-electron chi connectivity index (χ4n) is 2.98. The highest BCUT2D eigenvalue weighted by Gasteiger charge is 2.09. The number of nitrogens with zero attached hydrogens (tertiary/aromatic N) is 5. The second-order valence-electron chi connectivity index (χ2n) is 7.29. The third-order valence-corrected chi connectivity index (χ3v) is 4.73. The second kappa shape index (κ2) is 13.0. The van der Waals surface area contributed by atoms with Crippen LogP contribution < -0.4 is 10.2 Å². The van der Waals surface area contributed by atoms with Gasteiger partial charge in [0, 0.05) is 19.5 Å². The Morgan fingerprint density at radius 3 is 1.75 bits per heavy atom. The van der Waals surface area contributed by atoms with E-state index in [4.69, 9.17) is 0 Å². The molecule has 0 amide bonds. The van der Waals surface area contributed by atoms with Crippen molar-refractivity contribution >= 4 is 17.3 Å². The van der Waals surface area contributed by atoms with E-state index < -0.39 is 0 Å². The molecule has 0 aliphatic rings. The molecular weight excluding hydrogens is 348 g/mol. The average Bonchev–Trinajstić information content (AvgIpc) is 2.73. The Bertz CT molecular complexity index is 633. The number of aromatic nitrogens is 4. The first-order valence-corrected chi connectivity index (χ1v) is 10.9. The first-order valence-electron chi connectivity index (χ1n) is 10.9. The van der Waals surface area contributed by atoms with Crippen molar-refractivity contribution in [1.29, 1.82) is 0 Å². The van der Waals surface area contributed by atoms with Crippen molar-refractivity contribution < 1.29 is 0 Å². The minimum Gasteiger partial charge on any atom is -0.350 e. The van der Waals surface area contributed by atoms with Gasteiger partial charge in [-0.05, 0) is 19.3 Å². The molecule has 0 radical (unpaired) electrons. The lowest BCUT2D eigenvalue weighted by Crippen LogP contribution is -2.27. The van der Waals surface area contributed by atoms with Crippen molar-refractivity contribution in [3.05, 3.63) is 30.6 Å². The SMILES string of the molecule is CCCCCCc1ncc(Nc2cnc(N(CCCC)CCCC)nc2)cn1. The molecule has 0 atom stereocenters. The van der Waals surface area contributed by atoms with Crippen LogP contribution >= 0.6 is 0 Å². The lowest BCUT2D eigenvalue weighted by atomic mass is 10.1. The van der Waals surface area contributed by atoms with E-state index in [1.165, 1.54) is 32.1 Å². The van der Waals surface area contributed by atoms with Gasteiger partial charge in [0.15, 0.2) is 0 Å². The van der Waals surface area contributed by atoms with E-state index in [2.05, 4.69) is 50.9 Å². The molecule has 0 saturated carbocycles. The molecule has 1 N–H and O–H groups in total. The van der Waals surface area contributed by atoms with Crippen molar-refractivity contribution in [2.45, 2.75) is 78.6 Å². The van der Waals surface area contributed by atoms with Gasteiger partial charge in [-0.2, -0.15) is 0 Å². The highest BCUT2D eigenvalue weighted by atomic mass is 15.2. The van der Waals surface area contributed by atoms with Crippen molar-refractivity contribution in [2.24, 2.45) is 0 Å². The molecule has 0 aromatic carbocycles. The summed E-state index contributed by atoms with van der Waals surface area (Å²) >= 11 is 0. The largest absolute Gasteiger partial charge is 0.350 e. The van der Waals surface area contributed by atoms with Gasteiger partial charge in [-0.25, -0.2) is 19.9 Å². The van der Waals surface area contributed by atoms with Gasteiger partial charge >= 0.3 is 0 Å². The number of hydrogen-bond donors (Lipinski definition) is 1. The molecule has 0 unspecified atom stereocenters. The summed E-state index contributed by atoms with van der Waals surface area (Å²) in [5.74, 6) is 1.72. The molecule has 0 spiro atoms. The van der Waals surface area contributed by atoms with E-state index in [0.717, 1.165) is 61.9 Å². The van der Waals surface area contributed by atoms with Gasteiger partial charge in [0.25, 0.3) is 0 Å². The van der Waals surface area contributed by atoms with Crippen LogP contribution in [0.4, 0.5) is 17.3 Å². The molecule has 0 saturated heterocycles. The highest BCUT2D eigenvalue weighted by molar-refractivity contribution is 5.56. The summed E-state index contributed by atoms with van der Waals surface area (Å²) in [7, 11) is 0. The molecule has 2 rings (SSSR count). The minimum absolute atomic E-state index is 0.811. The lowest BCUT2D eigenvalue weighted by Gasteiger charge is -2.22. The molecule has 2 aromatic rings. The first-order chi connectivity index (χ1) is 13.8. The monoisotopic (exact) mass is 384 g/mol. The predicted molar refractivity (Wildman–Crippen MR) is 117 cm³/mol. The molecular formula is C22H36N6. The molecule has 2 aromatic heterocycles. The van der Waals surface area contributed by atoms with E-state index in [1.54, 1.807) is 0 Å². The maximum Gasteiger partial charge on any atom is 0.225 e. The van der Waals surface area contributed by atoms with Crippen molar-refractivity contribution in [3.63, 3.8) is 0 Å². The minimum atomic E-state index is 0.811. The number of hydrogen-bond acceptors (Lipinski definition) is 6. The molecule has 0 fully saturated rings. The third kappa shape index (κ3) is 7.79. The second-order valence-corrected chi connectivity index (χ2v) is 7.29. The van der Waals surface area contributed by atoms with Gasteiger partial charge < -0.3 is 10.2 Å². The van der Waals surface area contributed by atoms with Gasteiger partial charge in [-0.15, -0.1) is 0 Å². The van der Waals surface area contributed by atoms with Crippen molar-refractivity contribution in [3.8, 4) is 0 Å². The van der Waals surface area contributed by atoms with Gasteiger partial charge in [0.1, 0.15) is 5.82 Å². The van der Waals surface area contributed by atoms with Crippen LogP contribution in [0.15, 0.2) is 24.8 Å². The smallest absolute Gasteiger partial charge is 0.225 e. The van der Waals surface area contributed by atoms with E-state index in [1.807, 2.05) is 24.8 Å². The maximum atomic E-state index is 4.57. The van der Waals surface area contributed by atoms with Crippen LogP contribution in [0, 0.1) is 0 Å². The van der Waals surface area contributed by atoms with Crippen LogP contribution in [0.25, 0.3) is 0 Å². The molecule has 0 bridgehead atoms. The zero-order chi connectivity index (χ0) is 20.0. The summed E-state index contributed by atoms with van der Waals surface area (Å²) < 4.78 is 0. The van der Waals surface area contributed by atoms with Crippen LogP contribution in [-0.4, -0.2) is 33.0 Å². The van der Waals surface area contributed by atoms with Gasteiger partial charge in [0.05, 0.1) is 36.2 Å². The molecule has 0 aliphatic carbocycles. The van der Waals surface area contributed by atoms with Crippen LogP contribution in [-0.2, 0) is 6.42 Å². The fourth-order valence-corrected chi connectivity index (χ4v) is 2.98. The summed E-state index contributed by atoms with van der Waals surface area (Å²) in [6.07, 6.45) is 17.9.